The van der Waals surface area contributed by atoms with E-state index < -0.39 is 0 Å². The molecule has 1 aliphatic heterocycles. The van der Waals surface area contributed by atoms with Gasteiger partial charge in [0.05, 0.1) is 7.11 Å². The molecular weight excluding hydrogens is 306 g/mol. The molecule has 8 heteroatoms. The summed E-state index contributed by atoms with van der Waals surface area (Å²) in [6.45, 7) is 2.91. The van der Waals surface area contributed by atoms with Crippen molar-refractivity contribution in [3.05, 3.63) is 42.2 Å². The third-order valence-electron chi connectivity index (χ3n) is 4.44. The van der Waals surface area contributed by atoms with Gasteiger partial charge in [-0.2, -0.15) is 4.52 Å². The smallest absolute Gasteiger partial charge is 0.231 e. The van der Waals surface area contributed by atoms with Crippen LogP contribution >= 0.6 is 0 Å². The number of nitrogens with zero attached hydrogens (tertiary/aromatic N) is 7. The maximum Gasteiger partial charge on any atom is 0.231 e. The van der Waals surface area contributed by atoms with Crippen LogP contribution in [0.1, 0.15) is 30.1 Å². The molecule has 0 radical (unpaired) electrons. The van der Waals surface area contributed by atoms with Gasteiger partial charge in [-0.3, -0.25) is 4.90 Å². The first-order valence-corrected chi connectivity index (χ1v) is 8.06. The Morgan fingerprint density at radius 1 is 1.12 bits per heavy atom. The number of fused-ring (bicyclic) bond motifs is 1. The van der Waals surface area contributed by atoms with E-state index in [4.69, 9.17) is 4.74 Å². The molecule has 0 saturated carbocycles. The monoisotopic (exact) mass is 325 g/mol. The van der Waals surface area contributed by atoms with Crippen LogP contribution in [0.4, 0.5) is 0 Å². The summed E-state index contributed by atoms with van der Waals surface area (Å²) < 4.78 is 7.02. The van der Waals surface area contributed by atoms with E-state index in [2.05, 4.69) is 30.2 Å². The Labute approximate surface area is 139 Å². The van der Waals surface area contributed by atoms with Crippen LogP contribution in [0.3, 0.4) is 0 Å². The van der Waals surface area contributed by atoms with E-state index in [0.29, 0.717) is 11.8 Å². The van der Waals surface area contributed by atoms with Crippen LogP contribution in [0.5, 0.6) is 5.88 Å². The van der Waals surface area contributed by atoms with Gasteiger partial charge in [0.25, 0.3) is 0 Å². The van der Waals surface area contributed by atoms with E-state index >= 15 is 0 Å². The molecule has 0 amide bonds. The van der Waals surface area contributed by atoms with E-state index in [1.54, 1.807) is 19.5 Å². The van der Waals surface area contributed by atoms with Gasteiger partial charge >= 0.3 is 0 Å². The van der Waals surface area contributed by atoms with Crippen LogP contribution in [0.2, 0.25) is 0 Å². The van der Waals surface area contributed by atoms with Crippen LogP contribution < -0.4 is 4.74 Å². The van der Waals surface area contributed by atoms with Gasteiger partial charge in [0.15, 0.2) is 11.5 Å². The van der Waals surface area contributed by atoms with Gasteiger partial charge in [0.2, 0.25) is 5.88 Å². The molecule has 4 heterocycles. The Hall–Kier alpha value is -2.61. The lowest BCUT2D eigenvalue weighted by atomic mass is 9.96. The molecule has 3 aromatic heterocycles. The predicted octanol–water partition coefficient (Wildman–Crippen LogP) is 1.30. The summed E-state index contributed by atoms with van der Waals surface area (Å²) in [5, 5.41) is 13.0. The minimum atomic E-state index is 0.364. The van der Waals surface area contributed by atoms with Gasteiger partial charge in [-0.25, -0.2) is 9.97 Å². The Morgan fingerprint density at radius 3 is 2.67 bits per heavy atom. The Balaban J connectivity index is 1.46. The normalized spacial score (nSPS) is 16.5. The molecule has 4 rings (SSSR count). The summed E-state index contributed by atoms with van der Waals surface area (Å²) in [6, 6.07) is 3.69. The van der Waals surface area contributed by atoms with Crippen molar-refractivity contribution in [1.82, 2.24) is 34.7 Å². The second-order valence-electron chi connectivity index (χ2n) is 6.00. The second kappa shape index (κ2) is 6.48. The van der Waals surface area contributed by atoms with Crippen molar-refractivity contribution in [2.24, 2.45) is 0 Å². The van der Waals surface area contributed by atoms with Crippen molar-refractivity contribution >= 4 is 5.65 Å². The number of aromatic nitrogens is 6. The minimum Gasteiger partial charge on any atom is -0.480 e. The van der Waals surface area contributed by atoms with Gasteiger partial charge in [-0.15, -0.1) is 15.3 Å². The lowest BCUT2D eigenvalue weighted by Crippen LogP contribution is -2.33. The lowest BCUT2D eigenvalue weighted by molar-refractivity contribution is 0.200. The van der Waals surface area contributed by atoms with Gasteiger partial charge in [-0.1, -0.05) is 0 Å². The molecule has 0 unspecified atom stereocenters. The van der Waals surface area contributed by atoms with E-state index in [0.717, 1.165) is 49.5 Å². The van der Waals surface area contributed by atoms with Crippen LogP contribution in [-0.4, -0.2) is 54.9 Å². The molecule has 124 valence electrons. The zero-order valence-electron chi connectivity index (χ0n) is 13.5. The third-order valence-corrected chi connectivity index (χ3v) is 4.44. The molecule has 0 N–H and O–H groups in total. The fourth-order valence-corrected chi connectivity index (χ4v) is 3.17. The third kappa shape index (κ3) is 2.92. The average molecular weight is 325 g/mol. The fourth-order valence-electron chi connectivity index (χ4n) is 3.17. The van der Waals surface area contributed by atoms with E-state index in [1.165, 1.54) is 0 Å². The van der Waals surface area contributed by atoms with Crippen molar-refractivity contribution < 1.29 is 4.74 Å². The maximum atomic E-state index is 5.21. The predicted molar refractivity (Wildman–Crippen MR) is 86.6 cm³/mol. The first-order chi connectivity index (χ1) is 11.8. The molecule has 0 aliphatic carbocycles. The quantitative estimate of drug-likeness (QED) is 0.715. The molecular formula is C16H19N7O. The van der Waals surface area contributed by atoms with Crippen LogP contribution in [0.25, 0.3) is 5.65 Å². The highest BCUT2D eigenvalue weighted by Crippen LogP contribution is 2.27. The Morgan fingerprint density at radius 2 is 1.92 bits per heavy atom. The summed E-state index contributed by atoms with van der Waals surface area (Å²) in [5.74, 6) is 1.86. The number of ether oxygens (including phenoxy) is 1. The fraction of sp³-hybridized carbons (Fsp3) is 0.438. The van der Waals surface area contributed by atoms with Crippen molar-refractivity contribution in [3.63, 3.8) is 0 Å². The average Bonchev–Trinajstić information content (AvgIpc) is 3.06. The molecule has 0 spiro atoms. The first kappa shape index (κ1) is 14.9. The first-order valence-electron chi connectivity index (χ1n) is 8.06. The van der Waals surface area contributed by atoms with E-state index in [-0.39, 0.29) is 0 Å². The number of hydrogen-bond acceptors (Lipinski definition) is 7. The van der Waals surface area contributed by atoms with Gasteiger partial charge in [0.1, 0.15) is 6.33 Å². The Kier molecular flexibility index (Phi) is 4.04. The van der Waals surface area contributed by atoms with Crippen LogP contribution in [0, 0.1) is 0 Å². The van der Waals surface area contributed by atoms with E-state index in [9.17, 15) is 0 Å². The largest absolute Gasteiger partial charge is 0.480 e. The lowest BCUT2D eigenvalue weighted by Gasteiger charge is -2.30. The molecule has 8 nitrogen and oxygen atoms in total. The van der Waals surface area contributed by atoms with Gasteiger partial charge in [-0.05, 0) is 32.0 Å². The number of methoxy groups -OCH3 is 1. The summed E-state index contributed by atoms with van der Waals surface area (Å²) in [5.41, 5.74) is 1.91. The van der Waals surface area contributed by atoms with Crippen molar-refractivity contribution in [1.29, 1.82) is 0 Å². The van der Waals surface area contributed by atoms with Gasteiger partial charge in [0, 0.05) is 36.5 Å². The number of likely N-dealkylation sites (tertiary alicyclic amines) is 1. The summed E-state index contributed by atoms with van der Waals surface area (Å²) >= 11 is 0. The standard InChI is InChI=1S/C16H19N7O/c1-24-15-3-2-14-19-20-16(23(14)21-15)13-4-6-22(7-5-13)10-12-8-17-11-18-9-12/h2-3,8-9,11,13H,4-7,10H2,1H3. The summed E-state index contributed by atoms with van der Waals surface area (Å²) in [4.78, 5) is 10.6. The van der Waals surface area contributed by atoms with Crippen molar-refractivity contribution in [2.45, 2.75) is 25.3 Å². The highest BCUT2D eigenvalue weighted by Gasteiger charge is 2.25. The highest BCUT2D eigenvalue weighted by atomic mass is 16.5. The zero-order valence-corrected chi connectivity index (χ0v) is 13.5. The Bertz CT molecular complexity index is 812. The molecule has 0 aromatic carbocycles. The van der Waals surface area contributed by atoms with Crippen molar-refractivity contribution in [2.75, 3.05) is 20.2 Å². The molecule has 1 aliphatic rings. The van der Waals surface area contributed by atoms with Crippen LogP contribution in [-0.2, 0) is 6.54 Å². The second-order valence-corrected chi connectivity index (χ2v) is 6.00. The molecule has 3 aromatic rings. The topological polar surface area (TPSA) is 81.3 Å². The minimum absolute atomic E-state index is 0.364. The van der Waals surface area contributed by atoms with Gasteiger partial charge < -0.3 is 4.74 Å². The highest BCUT2D eigenvalue weighted by molar-refractivity contribution is 5.38. The number of rotatable bonds is 4. The molecule has 0 atom stereocenters. The van der Waals surface area contributed by atoms with Crippen LogP contribution in [0.15, 0.2) is 30.9 Å². The summed E-state index contributed by atoms with van der Waals surface area (Å²) in [7, 11) is 1.62. The SMILES string of the molecule is COc1ccc2nnc(C3CCN(Cc4cncnc4)CC3)n2n1. The maximum absolute atomic E-state index is 5.21. The molecule has 24 heavy (non-hydrogen) atoms. The van der Waals surface area contributed by atoms with Crippen molar-refractivity contribution in [3.8, 4) is 5.88 Å². The molecule has 0 bridgehead atoms. The molecule has 1 saturated heterocycles. The number of hydrogen-bond donors (Lipinski definition) is 0. The molecule has 1 fully saturated rings. The number of piperidine rings is 1. The van der Waals surface area contributed by atoms with E-state index in [1.807, 2.05) is 23.0 Å². The zero-order chi connectivity index (χ0) is 16.4. The summed E-state index contributed by atoms with van der Waals surface area (Å²) in [6.07, 6.45) is 7.39.